The molecule has 1 atom stereocenters. The predicted molar refractivity (Wildman–Crippen MR) is 132 cm³/mol. The molecule has 2 aromatic carbocycles. The first-order chi connectivity index (χ1) is 14.9. The van der Waals surface area contributed by atoms with E-state index in [2.05, 4.69) is 21.2 Å². The van der Waals surface area contributed by atoms with Crippen LogP contribution in [-0.4, -0.2) is 34.6 Å². The Bertz CT molecular complexity index is 887. The van der Waals surface area contributed by atoms with E-state index in [4.69, 9.17) is 11.6 Å². The van der Waals surface area contributed by atoms with Crippen molar-refractivity contribution >= 4 is 51.1 Å². The third-order valence-corrected chi connectivity index (χ3v) is 7.44. The van der Waals surface area contributed by atoms with Crippen LogP contribution in [0.25, 0.3) is 0 Å². The maximum absolute atomic E-state index is 13.2. The van der Waals surface area contributed by atoms with Crippen molar-refractivity contribution in [3.8, 4) is 0 Å². The molecule has 0 radical (unpaired) electrons. The van der Waals surface area contributed by atoms with Crippen molar-refractivity contribution in [3.05, 3.63) is 69.2 Å². The van der Waals surface area contributed by atoms with Gasteiger partial charge in [-0.3, -0.25) is 9.59 Å². The molecule has 1 aliphatic rings. The zero-order chi connectivity index (χ0) is 22.2. The fourth-order valence-electron chi connectivity index (χ4n) is 3.71. The van der Waals surface area contributed by atoms with Gasteiger partial charge in [0, 0.05) is 27.8 Å². The average molecular weight is 524 g/mol. The van der Waals surface area contributed by atoms with Crippen LogP contribution in [0.1, 0.15) is 43.7 Å². The summed E-state index contributed by atoms with van der Waals surface area (Å²) in [5.74, 6) is 0.825. The van der Waals surface area contributed by atoms with Crippen LogP contribution in [0.15, 0.2) is 53.0 Å². The molecule has 7 heteroatoms. The number of rotatable bonds is 9. The Hall–Kier alpha value is -1.50. The van der Waals surface area contributed by atoms with E-state index in [1.807, 2.05) is 55.5 Å². The van der Waals surface area contributed by atoms with Crippen molar-refractivity contribution in [3.63, 3.8) is 0 Å². The van der Waals surface area contributed by atoms with Gasteiger partial charge in [-0.2, -0.15) is 0 Å². The average Bonchev–Trinajstić information content (AvgIpc) is 3.27. The van der Waals surface area contributed by atoms with Gasteiger partial charge in [0.15, 0.2) is 0 Å². The molecule has 0 spiro atoms. The molecule has 0 unspecified atom stereocenters. The van der Waals surface area contributed by atoms with Crippen molar-refractivity contribution in [2.45, 2.75) is 57.0 Å². The van der Waals surface area contributed by atoms with Gasteiger partial charge >= 0.3 is 0 Å². The number of amides is 2. The zero-order valence-corrected chi connectivity index (χ0v) is 20.8. The molecule has 1 fully saturated rings. The number of carbonyl (C=O) groups excluding carboxylic acids is 2. The van der Waals surface area contributed by atoms with Crippen molar-refractivity contribution in [1.29, 1.82) is 0 Å². The molecule has 0 heterocycles. The molecule has 4 nitrogen and oxygen atoms in total. The molecule has 0 aliphatic heterocycles. The lowest BCUT2D eigenvalue weighted by molar-refractivity contribution is -0.138. The number of hydrogen-bond donors (Lipinski definition) is 1. The van der Waals surface area contributed by atoms with Crippen LogP contribution in [-0.2, 0) is 21.9 Å². The summed E-state index contributed by atoms with van der Waals surface area (Å²) in [6.07, 6.45) is 4.35. The third-order valence-electron chi connectivity index (χ3n) is 5.58. The lowest BCUT2D eigenvalue weighted by Crippen LogP contribution is -2.50. The molecule has 2 aromatic rings. The van der Waals surface area contributed by atoms with Crippen LogP contribution in [0.4, 0.5) is 0 Å². The van der Waals surface area contributed by atoms with Crippen LogP contribution < -0.4 is 5.32 Å². The first kappa shape index (κ1) is 24.1. The Morgan fingerprint density at radius 3 is 2.52 bits per heavy atom. The zero-order valence-electron chi connectivity index (χ0n) is 17.7. The second-order valence-electron chi connectivity index (χ2n) is 7.90. The SMILES string of the molecule is C[C@@H](C(=O)NC1CCCC1)N(Cc1ccc(Br)cc1)C(=O)CSCc1ccccc1Cl. The first-order valence-electron chi connectivity index (χ1n) is 10.6. The normalized spacial score (nSPS) is 14.9. The summed E-state index contributed by atoms with van der Waals surface area (Å²) in [6.45, 7) is 2.22. The molecule has 2 amide bonds. The molecular weight excluding hydrogens is 496 g/mol. The van der Waals surface area contributed by atoms with E-state index >= 15 is 0 Å². The van der Waals surface area contributed by atoms with Crippen LogP contribution in [0, 0.1) is 0 Å². The summed E-state index contributed by atoms with van der Waals surface area (Å²) in [6, 6.07) is 15.2. The molecule has 0 aromatic heterocycles. The van der Waals surface area contributed by atoms with E-state index in [-0.39, 0.29) is 17.9 Å². The largest absolute Gasteiger partial charge is 0.352 e. The standard InChI is InChI=1S/C24H28BrClN2O2S/c1-17(24(30)27-21-7-3-4-8-21)28(14-18-10-12-20(25)13-11-18)23(29)16-31-15-19-6-2-5-9-22(19)26/h2,5-6,9-13,17,21H,3-4,7-8,14-16H2,1H3,(H,27,30)/t17-/m0/s1. The molecule has 31 heavy (non-hydrogen) atoms. The number of nitrogens with one attached hydrogen (secondary N) is 1. The van der Waals surface area contributed by atoms with Crippen LogP contribution in [0.2, 0.25) is 5.02 Å². The Labute approximate surface area is 202 Å². The Morgan fingerprint density at radius 2 is 1.84 bits per heavy atom. The lowest BCUT2D eigenvalue weighted by Gasteiger charge is -2.29. The second kappa shape index (κ2) is 11.9. The van der Waals surface area contributed by atoms with Gasteiger partial charge in [0.05, 0.1) is 5.75 Å². The summed E-state index contributed by atoms with van der Waals surface area (Å²) in [4.78, 5) is 27.7. The Kier molecular flexibility index (Phi) is 9.30. The smallest absolute Gasteiger partial charge is 0.242 e. The van der Waals surface area contributed by atoms with Gasteiger partial charge in [-0.25, -0.2) is 0 Å². The topological polar surface area (TPSA) is 49.4 Å². The highest BCUT2D eigenvalue weighted by Crippen LogP contribution is 2.22. The fraction of sp³-hybridized carbons (Fsp3) is 0.417. The second-order valence-corrected chi connectivity index (χ2v) is 10.2. The van der Waals surface area contributed by atoms with Crippen LogP contribution in [0.5, 0.6) is 0 Å². The van der Waals surface area contributed by atoms with E-state index in [0.29, 0.717) is 23.1 Å². The number of halogens is 2. The molecular formula is C24H28BrClN2O2S. The summed E-state index contributed by atoms with van der Waals surface area (Å²) in [5.41, 5.74) is 2.00. The number of carbonyl (C=O) groups is 2. The predicted octanol–water partition coefficient (Wildman–Crippen LogP) is 5.81. The summed E-state index contributed by atoms with van der Waals surface area (Å²) in [7, 11) is 0. The highest BCUT2D eigenvalue weighted by molar-refractivity contribution is 9.10. The summed E-state index contributed by atoms with van der Waals surface area (Å²) < 4.78 is 0.983. The highest BCUT2D eigenvalue weighted by atomic mass is 79.9. The van der Waals surface area contributed by atoms with E-state index < -0.39 is 6.04 Å². The quantitative estimate of drug-likeness (QED) is 0.451. The highest BCUT2D eigenvalue weighted by Gasteiger charge is 2.28. The minimum Gasteiger partial charge on any atom is -0.352 e. The molecule has 0 bridgehead atoms. The van der Waals surface area contributed by atoms with Gasteiger partial charge in [0.25, 0.3) is 0 Å². The number of benzene rings is 2. The molecule has 1 N–H and O–H groups in total. The van der Waals surface area contributed by atoms with Gasteiger partial charge in [-0.1, -0.05) is 70.7 Å². The van der Waals surface area contributed by atoms with E-state index in [9.17, 15) is 9.59 Å². The molecule has 1 aliphatic carbocycles. The number of nitrogens with zero attached hydrogens (tertiary/aromatic N) is 1. The van der Waals surface area contributed by atoms with E-state index in [0.717, 1.165) is 41.3 Å². The van der Waals surface area contributed by atoms with Crippen molar-refractivity contribution in [1.82, 2.24) is 10.2 Å². The summed E-state index contributed by atoms with van der Waals surface area (Å²) >= 11 is 11.2. The first-order valence-corrected chi connectivity index (χ1v) is 12.9. The molecule has 166 valence electrons. The molecule has 1 saturated carbocycles. The maximum atomic E-state index is 13.2. The van der Waals surface area contributed by atoms with E-state index in [1.165, 1.54) is 11.8 Å². The number of hydrogen-bond acceptors (Lipinski definition) is 3. The fourth-order valence-corrected chi connectivity index (χ4v) is 5.17. The monoisotopic (exact) mass is 522 g/mol. The lowest BCUT2D eigenvalue weighted by atomic mass is 10.1. The van der Waals surface area contributed by atoms with E-state index in [1.54, 1.807) is 4.90 Å². The number of thioether (sulfide) groups is 1. The Morgan fingerprint density at radius 1 is 1.16 bits per heavy atom. The third kappa shape index (κ3) is 7.26. The minimum atomic E-state index is -0.530. The van der Waals surface area contributed by atoms with Gasteiger partial charge < -0.3 is 10.2 Å². The molecule has 3 rings (SSSR count). The van der Waals surface area contributed by atoms with Gasteiger partial charge in [-0.15, -0.1) is 11.8 Å². The molecule has 0 saturated heterocycles. The van der Waals surface area contributed by atoms with Gasteiger partial charge in [-0.05, 0) is 49.1 Å². The van der Waals surface area contributed by atoms with Gasteiger partial charge in [0.2, 0.25) is 11.8 Å². The van der Waals surface area contributed by atoms with Crippen LogP contribution >= 0.6 is 39.3 Å². The van der Waals surface area contributed by atoms with Crippen molar-refractivity contribution in [2.24, 2.45) is 0 Å². The van der Waals surface area contributed by atoms with Crippen LogP contribution in [0.3, 0.4) is 0 Å². The Balaban J connectivity index is 1.65. The van der Waals surface area contributed by atoms with Crippen molar-refractivity contribution < 1.29 is 9.59 Å². The van der Waals surface area contributed by atoms with Gasteiger partial charge in [0.1, 0.15) is 6.04 Å². The summed E-state index contributed by atoms with van der Waals surface area (Å²) in [5, 5.41) is 3.84. The minimum absolute atomic E-state index is 0.0472. The van der Waals surface area contributed by atoms with Crippen molar-refractivity contribution in [2.75, 3.05) is 5.75 Å². The maximum Gasteiger partial charge on any atom is 0.242 e.